The zero-order valence-electron chi connectivity index (χ0n) is 11.7. The minimum atomic E-state index is 0.578. The predicted molar refractivity (Wildman–Crippen MR) is 78.7 cm³/mol. The average Bonchev–Trinajstić information content (AvgIpc) is 2.86. The van der Waals surface area contributed by atoms with E-state index < -0.39 is 0 Å². The van der Waals surface area contributed by atoms with Crippen molar-refractivity contribution < 1.29 is 0 Å². The van der Waals surface area contributed by atoms with E-state index in [-0.39, 0.29) is 0 Å². The van der Waals surface area contributed by atoms with Crippen molar-refractivity contribution >= 4 is 10.9 Å². The zero-order chi connectivity index (χ0) is 13.0. The van der Waals surface area contributed by atoms with Crippen LogP contribution in [-0.2, 0) is 6.54 Å². The van der Waals surface area contributed by atoms with Gasteiger partial charge in [0.2, 0.25) is 0 Å². The van der Waals surface area contributed by atoms with Gasteiger partial charge in [0.05, 0.1) is 0 Å². The molecule has 1 aromatic carbocycles. The number of aromatic nitrogens is 1. The Hall–Kier alpha value is -1.28. The first-order valence-corrected chi connectivity index (χ1v) is 7.04. The maximum absolute atomic E-state index is 3.67. The van der Waals surface area contributed by atoms with E-state index in [0.29, 0.717) is 6.04 Å². The van der Waals surface area contributed by atoms with Gasteiger partial charge >= 0.3 is 0 Å². The Balaban J connectivity index is 2.04. The second-order valence-electron chi connectivity index (χ2n) is 5.10. The Morgan fingerprint density at radius 3 is 2.67 bits per heavy atom. The van der Waals surface area contributed by atoms with Crippen LogP contribution >= 0.6 is 0 Å². The molecule has 0 aliphatic heterocycles. The highest BCUT2D eigenvalue weighted by molar-refractivity contribution is 5.82. The number of hydrogen-bond acceptors (Lipinski definition) is 1. The predicted octanol–water partition coefficient (Wildman–Crippen LogP) is 4.08. The molecule has 98 valence electrons. The van der Waals surface area contributed by atoms with Crippen molar-refractivity contribution in [3.05, 3.63) is 36.0 Å². The molecule has 0 amide bonds. The molecule has 1 unspecified atom stereocenters. The molecule has 2 aromatic rings. The third-order valence-corrected chi connectivity index (χ3v) is 4.06. The average molecular weight is 244 g/mol. The Labute approximate surface area is 110 Å². The molecule has 2 N–H and O–H groups in total. The van der Waals surface area contributed by atoms with Gasteiger partial charge in [0.1, 0.15) is 0 Å². The Morgan fingerprint density at radius 1 is 1.17 bits per heavy atom. The summed E-state index contributed by atoms with van der Waals surface area (Å²) in [4.78, 5) is 3.26. The van der Waals surface area contributed by atoms with E-state index in [1.54, 1.807) is 0 Å². The van der Waals surface area contributed by atoms with Gasteiger partial charge < -0.3 is 10.3 Å². The van der Waals surface area contributed by atoms with E-state index in [2.05, 4.69) is 55.3 Å². The molecule has 18 heavy (non-hydrogen) atoms. The summed E-state index contributed by atoms with van der Waals surface area (Å²) in [7, 11) is 0. The number of rotatable bonds is 6. The minimum absolute atomic E-state index is 0.578. The maximum atomic E-state index is 3.67. The summed E-state index contributed by atoms with van der Waals surface area (Å²) >= 11 is 0. The Morgan fingerprint density at radius 2 is 1.94 bits per heavy atom. The molecule has 0 aliphatic rings. The highest BCUT2D eigenvalue weighted by Gasteiger charge is 2.13. The highest BCUT2D eigenvalue weighted by Crippen LogP contribution is 2.18. The Bertz CT molecular complexity index is 483. The third kappa shape index (κ3) is 2.75. The van der Waals surface area contributed by atoms with Crippen LogP contribution in [0, 0.1) is 5.92 Å². The number of fused-ring (bicyclic) bond motifs is 1. The maximum Gasteiger partial charge on any atom is 0.0457 e. The van der Waals surface area contributed by atoms with E-state index in [4.69, 9.17) is 0 Å². The topological polar surface area (TPSA) is 27.8 Å². The smallest absolute Gasteiger partial charge is 0.0457 e. The number of benzene rings is 1. The van der Waals surface area contributed by atoms with Gasteiger partial charge in [-0.1, -0.05) is 38.8 Å². The summed E-state index contributed by atoms with van der Waals surface area (Å²) in [6.45, 7) is 7.81. The molecule has 1 atom stereocenters. The van der Waals surface area contributed by atoms with Crippen LogP contribution in [0.5, 0.6) is 0 Å². The zero-order valence-corrected chi connectivity index (χ0v) is 11.7. The lowest BCUT2D eigenvalue weighted by Gasteiger charge is -2.22. The molecule has 1 aromatic heterocycles. The van der Waals surface area contributed by atoms with Gasteiger partial charge in [-0.3, -0.25) is 0 Å². The van der Waals surface area contributed by atoms with Crippen molar-refractivity contribution in [3.63, 3.8) is 0 Å². The first-order chi connectivity index (χ1) is 8.76. The SMILES string of the molecule is CCC(CC)C(C)NCc1cccc2[nH]ccc12. The number of H-pyrrole nitrogens is 1. The van der Waals surface area contributed by atoms with Crippen molar-refractivity contribution in [2.45, 2.75) is 46.2 Å². The fraction of sp³-hybridized carbons (Fsp3) is 0.500. The van der Waals surface area contributed by atoms with Crippen molar-refractivity contribution in [1.29, 1.82) is 0 Å². The van der Waals surface area contributed by atoms with Crippen molar-refractivity contribution in [3.8, 4) is 0 Å². The fourth-order valence-electron chi connectivity index (χ4n) is 2.74. The van der Waals surface area contributed by atoms with Gasteiger partial charge in [-0.05, 0) is 30.5 Å². The standard InChI is InChI=1S/C16H24N2/c1-4-13(5-2)12(3)18-11-14-7-6-8-16-15(14)9-10-17-16/h6-10,12-13,17-18H,4-5,11H2,1-3H3. The lowest BCUT2D eigenvalue weighted by Crippen LogP contribution is -2.32. The second-order valence-corrected chi connectivity index (χ2v) is 5.10. The first-order valence-electron chi connectivity index (χ1n) is 7.04. The monoisotopic (exact) mass is 244 g/mol. The number of nitrogens with one attached hydrogen (secondary N) is 2. The van der Waals surface area contributed by atoms with Crippen molar-refractivity contribution in [1.82, 2.24) is 10.3 Å². The summed E-state index contributed by atoms with van der Waals surface area (Å²) in [5, 5.41) is 5.00. The highest BCUT2D eigenvalue weighted by atomic mass is 14.9. The van der Waals surface area contributed by atoms with Crippen LogP contribution in [0.3, 0.4) is 0 Å². The third-order valence-electron chi connectivity index (χ3n) is 4.06. The molecule has 0 saturated heterocycles. The van der Waals surface area contributed by atoms with Crippen LogP contribution < -0.4 is 5.32 Å². The molecule has 2 heteroatoms. The first kappa shape index (κ1) is 13.2. The van der Waals surface area contributed by atoms with E-state index in [0.717, 1.165) is 12.5 Å². The molecule has 0 radical (unpaired) electrons. The van der Waals surface area contributed by atoms with E-state index in [1.165, 1.54) is 29.3 Å². The molecule has 0 bridgehead atoms. The summed E-state index contributed by atoms with van der Waals surface area (Å²) < 4.78 is 0. The summed E-state index contributed by atoms with van der Waals surface area (Å²) in [6, 6.07) is 9.20. The lowest BCUT2D eigenvalue weighted by molar-refractivity contribution is 0.353. The summed E-state index contributed by atoms with van der Waals surface area (Å²) in [5.74, 6) is 0.774. The second kappa shape index (κ2) is 6.05. The summed E-state index contributed by atoms with van der Waals surface area (Å²) in [5.41, 5.74) is 2.61. The quantitative estimate of drug-likeness (QED) is 0.787. The normalized spacial score (nSPS) is 13.3. The molecule has 0 fully saturated rings. The van der Waals surface area contributed by atoms with Crippen LogP contribution in [0.1, 0.15) is 39.2 Å². The van der Waals surface area contributed by atoms with Crippen molar-refractivity contribution in [2.24, 2.45) is 5.92 Å². The van der Waals surface area contributed by atoms with Crippen LogP contribution in [0.25, 0.3) is 10.9 Å². The van der Waals surface area contributed by atoms with Crippen LogP contribution in [0.15, 0.2) is 30.5 Å². The fourth-order valence-corrected chi connectivity index (χ4v) is 2.74. The van der Waals surface area contributed by atoms with Gasteiger partial charge in [-0.25, -0.2) is 0 Å². The lowest BCUT2D eigenvalue weighted by atomic mass is 9.95. The van der Waals surface area contributed by atoms with Crippen LogP contribution in [0.4, 0.5) is 0 Å². The molecule has 0 spiro atoms. The van der Waals surface area contributed by atoms with Crippen LogP contribution in [0.2, 0.25) is 0 Å². The van der Waals surface area contributed by atoms with Gasteiger partial charge in [0.15, 0.2) is 0 Å². The van der Waals surface area contributed by atoms with E-state index >= 15 is 0 Å². The molecule has 2 nitrogen and oxygen atoms in total. The molecular weight excluding hydrogens is 220 g/mol. The molecule has 0 saturated carbocycles. The molecule has 1 heterocycles. The molecule has 2 rings (SSSR count). The van der Waals surface area contributed by atoms with E-state index in [9.17, 15) is 0 Å². The summed E-state index contributed by atoms with van der Waals surface area (Å²) in [6.07, 6.45) is 4.51. The van der Waals surface area contributed by atoms with Gasteiger partial charge in [-0.15, -0.1) is 0 Å². The van der Waals surface area contributed by atoms with Gasteiger partial charge in [0, 0.05) is 29.7 Å². The largest absolute Gasteiger partial charge is 0.361 e. The number of hydrogen-bond donors (Lipinski definition) is 2. The van der Waals surface area contributed by atoms with Gasteiger partial charge in [-0.2, -0.15) is 0 Å². The molecular formula is C16H24N2. The van der Waals surface area contributed by atoms with E-state index in [1.807, 2.05) is 6.20 Å². The van der Waals surface area contributed by atoms with Crippen LogP contribution in [-0.4, -0.2) is 11.0 Å². The number of aromatic amines is 1. The Kier molecular flexibility index (Phi) is 4.43. The van der Waals surface area contributed by atoms with Gasteiger partial charge in [0.25, 0.3) is 0 Å². The van der Waals surface area contributed by atoms with Crippen molar-refractivity contribution in [2.75, 3.05) is 0 Å². The minimum Gasteiger partial charge on any atom is -0.361 e. The molecule has 0 aliphatic carbocycles.